The van der Waals surface area contributed by atoms with Crippen molar-refractivity contribution in [2.75, 3.05) is 4.90 Å². The summed E-state index contributed by atoms with van der Waals surface area (Å²) >= 11 is 0. The molecule has 7 aromatic carbocycles. The fourth-order valence-electron chi connectivity index (χ4n) is 8.63. The van der Waals surface area contributed by atoms with Crippen LogP contribution in [0.1, 0.15) is 24.0 Å². The van der Waals surface area contributed by atoms with Crippen LogP contribution in [0.3, 0.4) is 0 Å². The number of rotatable bonds is 7. The number of allylic oxidation sites excluding steroid dienone is 5. The predicted octanol–water partition coefficient (Wildman–Crippen LogP) is 14.1. The van der Waals surface area contributed by atoms with Crippen molar-refractivity contribution in [1.82, 2.24) is 4.57 Å². The molecule has 1 aliphatic carbocycles. The zero-order valence-electron chi connectivity index (χ0n) is 30.8. The number of aromatic nitrogens is 1. The average Bonchev–Trinajstić information content (AvgIpc) is 3.77. The smallest absolute Gasteiger partial charge is 0.0629 e. The van der Waals surface area contributed by atoms with Crippen LogP contribution in [0.2, 0.25) is 0 Å². The maximum absolute atomic E-state index is 2.56. The van der Waals surface area contributed by atoms with E-state index in [1.807, 2.05) is 0 Å². The zero-order valence-corrected chi connectivity index (χ0v) is 30.8. The van der Waals surface area contributed by atoms with Gasteiger partial charge in [-0.25, -0.2) is 0 Å². The topological polar surface area (TPSA) is 8.17 Å². The number of anilines is 2. The van der Waals surface area contributed by atoms with Crippen LogP contribution >= 0.6 is 0 Å². The molecule has 8 aromatic rings. The third-order valence-electron chi connectivity index (χ3n) is 11.2. The summed E-state index contributed by atoms with van der Waals surface area (Å²) < 4.78 is 2.41. The van der Waals surface area contributed by atoms with Crippen LogP contribution in [0.25, 0.3) is 67.0 Å². The highest BCUT2D eigenvalue weighted by atomic mass is 15.2. The molecule has 0 saturated carbocycles. The molecule has 0 spiro atoms. The summed E-state index contributed by atoms with van der Waals surface area (Å²) in [7, 11) is 0. The predicted molar refractivity (Wildman–Crippen MR) is 235 cm³/mol. The molecule has 0 fully saturated rings. The van der Waals surface area contributed by atoms with Gasteiger partial charge in [-0.15, -0.1) is 0 Å². The van der Waals surface area contributed by atoms with E-state index in [2.05, 4.69) is 229 Å². The lowest BCUT2D eigenvalue weighted by molar-refractivity contribution is 0.745. The van der Waals surface area contributed by atoms with Gasteiger partial charge < -0.3 is 9.47 Å². The third kappa shape index (κ3) is 5.93. The van der Waals surface area contributed by atoms with Crippen molar-refractivity contribution in [3.63, 3.8) is 0 Å². The van der Waals surface area contributed by atoms with Crippen LogP contribution in [0.4, 0.5) is 11.4 Å². The van der Waals surface area contributed by atoms with Crippen LogP contribution in [0, 0.1) is 0 Å². The molecule has 2 atom stereocenters. The second-order valence-corrected chi connectivity index (χ2v) is 14.6. The molecule has 0 N–H and O–H groups in total. The minimum Gasteiger partial charge on any atom is -0.333 e. The largest absolute Gasteiger partial charge is 0.333 e. The van der Waals surface area contributed by atoms with Gasteiger partial charge >= 0.3 is 0 Å². The summed E-state index contributed by atoms with van der Waals surface area (Å²) in [5.74, 6) is 0.247. The van der Waals surface area contributed by atoms with Crippen molar-refractivity contribution >= 4 is 45.0 Å². The van der Waals surface area contributed by atoms with Gasteiger partial charge in [0.15, 0.2) is 0 Å². The molecule has 2 heterocycles. The Balaban J connectivity index is 1.08. The molecule has 262 valence electrons. The Hall–Kier alpha value is -6.90. The van der Waals surface area contributed by atoms with E-state index >= 15 is 0 Å². The number of hydrogen-bond acceptors (Lipinski definition) is 1. The number of hydrogen-bond donors (Lipinski definition) is 0. The highest BCUT2D eigenvalue weighted by molar-refractivity contribution is 6.11. The molecule has 2 aliphatic rings. The Morgan fingerprint density at radius 3 is 1.87 bits per heavy atom. The number of fused-ring (bicyclic) bond motifs is 6. The quantitative estimate of drug-likeness (QED) is 0.150. The van der Waals surface area contributed by atoms with E-state index in [1.165, 1.54) is 83.4 Å². The van der Waals surface area contributed by atoms with E-state index < -0.39 is 0 Å². The lowest BCUT2D eigenvalue weighted by Crippen LogP contribution is -2.28. The highest BCUT2D eigenvalue weighted by Gasteiger charge is 2.38. The number of benzene rings is 7. The molecule has 10 rings (SSSR count). The van der Waals surface area contributed by atoms with Crippen molar-refractivity contribution in [3.05, 3.63) is 217 Å². The van der Waals surface area contributed by atoms with E-state index in [9.17, 15) is 0 Å². The fraction of sp³-hybridized carbons (Fsp3) is 0.0566. The molecule has 2 heteroatoms. The standard InChI is InChI=1S/C53H40N2/c1-37(16-15-19-38-17-5-2-6-18-38)54-50-26-13-11-24-46(50)48-30-28-42(36-53(48)54)41-29-31-52-49(35-41)47-25-12-14-27-51(47)55(52)45-33-43(39-20-7-3-8-21-39)32-44(34-45)40-22-9-4-10-23-40/h2-36,47,51H,1H3. The Morgan fingerprint density at radius 2 is 1.13 bits per heavy atom. The second-order valence-electron chi connectivity index (χ2n) is 14.6. The maximum Gasteiger partial charge on any atom is 0.0629 e. The molecular formula is C53H40N2. The molecular weight excluding hydrogens is 665 g/mol. The fourth-order valence-corrected chi connectivity index (χ4v) is 8.63. The summed E-state index contributed by atoms with van der Waals surface area (Å²) in [4.78, 5) is 2.56. The van der Waals surface area contributed by atoms with Gasteiger partial charge in [0, 0.05) is 33.8 Å². The van der Waals surface area contributed by atoms with Gasteiger partial charge in [0.05, 0.1) is 17.1 Å². The van der Waals surface area contributed by atoms with Crippen molar-refractivity contribution in [2.45, 2.75) is 18.9 Å². The van der Waals surface area contributed by atoms with Gasteiger partial charge in [-0.2, -0.15) is 0 Å². The van der Waals surface area contributed by atoms with Crippen LogP contribution in [0.15, 0.2) is 206 Å². The van der Waals surface area contributed by atoms with Gasteiger partial charge in [-0.1, -0.05) is 164 Å². The first kappa shape index (κ1) is 32.7. The van der Waals surface area contributed by atoms with Crippen molar-refractivity contribution in [3.8, 4) is 33.4 Å². The van der Waals surface area contributed by atoms with Crippen molar-refractivity contribution in [1.29, 1.82) is 0 Å². The summed E-state index contributed by atoms with van der Waals surface area (Å²) in [6.07, 6.45) is 15.7. The first-order valence-electron chi connectivity index (χ1n) is 19.2. The molecule has 1 aromatic heterocycles. The highest BCUT2D eigenvalue weighted by Crippen LogP contribution is 2.50. The Labute approximate surface area is 323 Å². The van der Waals surface area contributed by atoms with E-state index in [1.54, 1.807) is 0 Å². The molecule has 0 amide bonds. The van der Waals surface area contributed by atoms with Crippen molar-refractivity contribution in [2.24, 2.45) is 0 Å². The molecule has 0 bridgehead atoms. The van der Waals surface area contributed by atoms with Crippen LogP contribution in [0.5, 0.6) is 0 Å². The SMILES string of the molecule is CC(=CC=Cc1ccccc1)n1c2ccccc2c2ccc(-c3ccc4c(c3)C3C=CC=CC3N4c3cc(-c4ccccc4)cc(-c4ccccc4)c3)cc21. The molecule has 0 saturated heterocycles. The molecule has 0 radical (unpaired) electrons. The lowest BCUT2D eigenvalue weighted by Gasteiger charge is -2.29. The normalized spacial score (nSPS) is 16.3. The van der Waals surface area contributed by atoms with E-state index in [4.69, 9.17) is 0 Å². The van der Waals surface area contributed by atoms with E-state index in [-0.39, 0.29) is 12.0 Å². The van der Waals surface area contributed by atoms with Crippen LogP contribution < -0.4 is 4.90 Å². The van der Waals surface area contributed by atoms with Gasteiger partial charge in [-0.3, -0.25) is 0 Å². The average molecular weight is 705 g/mol. The van der Waals surface area contributed by atoms with Crippen LogP contribution in [-0.2, 0) is 0 Å². The first-order valence-corrected chi connectivity index (χ1v) is 19.2. The van der Waals surface area contributed by atoms with E-state index in [0.717, 1.165) is 0 Å². The van der Waals surface area contributed by atoms with Gasteiger partial charge in [0.2, 0.25) is 0 Å². The maximum atomic E-state index is 2.56. The molecule has 2 nitrogen and oxygen atoms in total. The first-order chi connectivity index (χ1) is 27.2. The summed E-state index contributed by atoms with van der Waals surface area (Å²) in [6, 6.07) is 62.1. The monoisotopic (exact) mass is 704 g/mol. The third-order valence-corrected chi connectivity index (χ3v) is 11.2. The Kier molecular flexibility index (Phi) is 8.22. The zero-order chi connectivity index (χ0) is 36.7. The molecule has 55 heavy (non-hydrogen) atoms. The van der Waals surface area contributed by atoms with Crippen LogP contribution in [-0.4, -0.2) is 10.6 Å². The number of nitrogens with zero attached hydrogens (tertiary/aromatic N) is 2. The van der Waals surface area contributed by atoms with Gasteiger partial charge in [0.25, 0.3) is 0 Å². The lowest BCUT2D eigenvalue weighted by atomic mass is 9.89. The Morgan fingerprint density at radius 1 is 0.509 bits per heavy atom. The minimum absolute atomic E-state index is 0.187. The number of para-hydroxylation sites is 1. The summed E-state index contributed by atoms with van der Waals surface area (Å²) in [6.45, 7) is 2.21. The summed E-state index contributed by atoms with van der Waals surface area (Å²) in [5.41, 5.74) is 16.0. The molecule has 2 unspecified atom stereocenters. The van der Waals surface area contributed by atoms with Gasteiger partial charge in [-0.05, 0) is 100.0 Å². The van der Waals surface area contributed by atoms with Crippen molar-refractivity contribution < 1.29 is 0 Å². The Bertz CT molecular complexity index is 2760. The minimum atomic E-state index is 0.187. The second kappa shape index (κ2) is 13.8. The van der Waals surface area contributed by atoms with E-state index in [0.29, 0.717) is 0 Å². The molecule has 1 aliphatic heterocycles. The van der Waals surface area contributed by atoms with Gasteiger partial charge in [0.1, 0.15) is 0 Å². The summed E-state index contributed by atoms with van der Waals surface area (Å²) in [5, 5.41) is 2.53.